The molecule has 0 aromatic carbocycles. The summed E-state index contributed by atoms with van der Waals surface area (Å²) in [6, 6.07) is 11.1. The first-order valence-electron chi connectivity index (χ1n) is 18.3. The first-order valence-corrected chi connectivity index (χ1v) is 18.3. The molecule has 2 amide bonds. The van der Waals surface area contributed by atoms with Crippen molar-refractivity contribution in [3.8, 4) is 34.8 Å². The lowest BCUT2D eigenvalue weighted by molar-refractivity contribution is 0.101. The van der Waals surface area contributed by atoms with Crippen molar-refractivity contribution in [2.45, 2.75) is 73.1 Å². The second-order valence-electron chi connectivity index (χ2n) is 12.7. The normalized spacial score (nSPS) is 10.6. The van der Waals surface area contributed by atoms with Gasteiger partial charge in [0.15, 0.2) is 11.6 Å². The van der Waals surface area contributed by atoms with Crippen molar-refractivity contribution in [1.82, 2.24) is 59.1 Å². The number of aliphatic hydroxyl groups excluding tert-OH is 1. The molecular weight excluding hydrogens is 733 g/mol. The highest BCUT2D eigenvalue weighted by atomic mass is 16.5. The molecule has 0 aliphatic carbocycles. The van der Waals surface area contributed by atoms with Gasteiger partial charge in [-0.15, -0.1) is 37.2 Å². The van der Waals surface area contributed by atoms with Gasteiger partial charge in [-0.3, -0.25) is 19.0 Å². The van der Waals surface area contributed by atoms with E-state index in [2.05, 4.69) is 57.8 Å². The van der Waals surface area contributed by atoms with E-state index in [1.807, 2.05) is 62.0 Å². The van der Waals surface area contributed by atoms with Gasteiger partial charge in [-0.05, 0) is 65.3 Å². The summed E-state index contributed by atoms with van der Waals surface area (Å²) in [5, 5.41) is 37.8. The molecule has 0 unspecified atom stereocenters. The van der Waals surface area contributed by atoms with Gasteiger partial charge in [0, 0.05) is 37.6 Å². The number of allylic oxidation sites excluding steroid dienone is 1. The molecule has 6 heterocycles. The molecule has 0 atom stereocenters. The number of rotatable bonds is 14. The number of aliphatic hydroxyl groups is 1. The summed E-state index contributed by atoms with van der Waals surface area (Å²) < 4.78 is 17.5. The molecule has 0 spiro atoms. The van der Waals surface area contributed by atoms with E-state index < -0.39 is 0 Å². The van der Waals surface area contributed by atoms with E-state index in [0.717, 1.165) is 6.42 Å². The highest BCUT2D eigenvalue weighted by Crippen LogP contribution is 2.23. The fourth-order valence-corrected chi connectivity index (χ4v) is 5.22. The van der Waals surface area contributed by atoms with Crippen LogP contribution in [0.2, 0.25) is 0 Å². The molecule has 0 fully saturated rings. The Morgan fingerprint density at radius 3 is 1.61 bits per heavy atom. The van der Waals surface area contributed by atoms with Crippen LogP contribution in [-0.2, 0) is 13.1 Å². The van der Waals surface area contributed by atoms with Crippen LogP contribution in [0, 0.1) is 0 Å². The Morgan fingerprint density at radius 2 is 1.21 bits per heavy atom. The number of pyridine rings is 2. The Hall–Kier alpha value is -6.76. The molecule has 0 aliphatic heterocycles. The number of carbonyl (C=O) groups is 2. The van der Waals surface area contributed by atoms with Crippen LogP contribution in [0.3, 0.4) is 0 Å². The van der Waals surface area contributed by atoms with Crippen LogP contribution in [0.1, 0.15) is 80.8 Å². The maximum absolute atomic E-state index is 12.7. The molecule has 19 nitrogen and oxygen atoms in total. The lowest BCUT2D eigenvalue weighted by Crippen LogP contribution is -2.14. The van der Waals surface area contributed by atoms with Crippen LogP contribution in [0.25, 0.3) is 23.0 Å². The van der Waals surface area contributed by atoms with Crippen LogP contribution >= 0.6 is 0 Å². The molecule has 0 saturated carbocycles. The first-order chi connectivity index (χ1) is 27.5. The average Bonchev–Trinajstić information content (AvgIpc) is 4.02. The van der Waals surface area contributed by atoms with Crippen LogP contribution < -0.4 is 20.1 Å². The summed E-state index contributed by atoms with van der Waals surface area (Å²) in [5.74, 6) is 1.94. The number of ether oxygens (including phenoxy) is 2. The van der Waals surface area contributed by atoms with Gasteiger partial charge in [0.1, 0.15) is 46.8 Å². The predicted molar refractivity (Wildman–Crippen MR) is 214 cm³/mol. The number of methoxy groups -OCH3 is 2. The number of aromatic nitrogens is 12. The quantitative estimate of drug-likeness (QED) is 0.119. The number of hydrogen-bond acceptors (Lipinski definition) is 13. The van der Waals surface area contributed by atoms with Gasteiger partial charge in [0.05, 0.1) is 20.8 Å². The number of anilines is 2. The minimum Gasteiger partial charge on any atom is -0.479 e. The van der Waals surface area contributed by atoms with Gasteiger partial charge in [0.2, 0.25) is 11.8 Å². The maximum Gasteiger partial charge on any atom is 0.263 e. The van der Waals surface area contributed by atoms with Gasteiger partial charge < -0.3 is 34.3 Å². The van der Waals surface area contributed by atoms with Gasteiger partial charge in [-0.25, -0.2) is 9.97 Å². The van der Waals surface area contributed by atoms with E-state index in [4.69, 9.17) is 14.6 Å². The van der Waals surface area contributed by atoms with E-state index in [9.17, 15) is 9.59 Å². The lowest BCUT2D eigenvalue weighted by Gasteiger charge is -2.10. The highest BCUT2D eigenvalue weighted by Gasteiger charge is 2.20. The van der Waals surface area contributed by atoms with Crippen molar-refractivity contribution in [3.05, 3.63) is 85.2 Å². The molecule has 0 aliphatic rings. The number of amides is 2. The number of nitrogens with one attached hydrogen (secondary N) is 2. The Kier molecular flexibility index (Phi) is 15.7. The third-order valence-corrected chi connectivity index (χ3v) is 7.80. The second-order valence-corrected chi connectivity index (χ2v) is 12.7. The van der Waals surface area contributed by atoms with E-state index in [1.54, 1.807) is 65.6 Å². The summed E-state index contributed by atoms with van der Waals surface area (Å²) in [7, 11) is 2.96. The number of carbonyl (C=O) groups excluding carboxylic acids is 2. The zero-order valence-electron chi connectivity index (χ0n) is 33.5. The van der Waals surface area contributed by atoms with Crippen LogP contribution in [0.4, 0.5) is 11.6 Å². The molecule has 6 aromatic heterocycles. The molecule has 302 valence electrons. The topological polar surface area (TPSA) is 220 Å². The van der Waals surface area contributed by atoms with Crippen LogP contribution in [0.15, 0.2) is 74.1 Å². The fraction of sp³-hybridized carbons (Fsp3) is 0.368. The Labute approximate surface area is 330 Å². The molecule has 6 aromatic rings. The van der Waals surface area contributed by atoms with Crippen LogP contribution in [-0.4, -0.2) is 96.8 Å². The molecule has 3 N–H and O–H groups in total. The van der Waals surface area contributed by atoms with Crippen molar-refractivity contribution in [2.75, 3.05) is 31.5 Å². The monoisotopic (exact) mass is 782 g/mol. The number of nitrogens with zero attached hydrogens (tertiary/aromatic N) is 12. The van der Waals surface area contributed by atoms with Gasteiger partial charge in [-0.1, -0.05) is 25.1 Å². The third-order valence-electron chi connectivity index (χ3n) is 7.80. The molecule has 57 heavy (non-hydrogen) atoms. The third kappa shape index (κ3) is 11.2. The molecule has 6 rings (SSSR count). The minimum absolute atomic E-state index is 0.190. The van der Waals surface area contributed by atoms with E-state index in [0.29, 0.717) is 58.9 Å². The highest BCUT2D eigenvalue weighted by molar-refractivity contribution is 6.06. The maximum atomic E-state index is 12.7. The number of aryl methyl sites for hydroxylation is 1. The standard InChI is InChI=1S/C18H23N7O2.C18H21N7O2.C2H6O/c2*1-5-9-24-10-13(18(23-24)27-4)17(26)21-15-8-6-7-14(20-15)16-22-19-11-25(16)12(2)3;1-2-3/h6-8,10-12H,5,9H2,1-4H3,(H,20,21,26);5-8,10-12H,1,9H2,2-4H3,(H,20,21,26);3H,2H2,1H3. The Bertz CT molecular complexity index is 2220. The Morgan fingerprint density at radius 1 is 0.772 bits per heavy atom. The van der Waals surface area contributed by atoms with Crippen molar-refractivity contribution in [3.63, 3.8) is 0 Å². The van der Waals surface area contributed by atoms with E-state index >= 15 is 0 Å². The number of hydrogen-bond donors (Lipinski definition) is 3. The zero-order valence-corrected chi connectivity index (χ0v) is 33.5. The molecule has 0 saturated heterocycles. The average molecular weight is 783 g/mol. The minimum atomic E-state index is -0.364. The van der Waals surface area contributed by atoms with Gasteiger partial charge >= 0.3 is 0 Å². The SMILES string of the molecule is C=CCn1cc(C(=O)Nc2cccc(-c3nncn3C(C)C)n2)c(OC)n1.CCCn1cc(C(=O)Nc2cccc(-c3nncn3C(C)C)n2)c(OC)n1.CCO. The summed E-state index contributed by atoms with van der Waals surface area (Å²) in [5.41, 5.74) is 1.93. The first kappa shape index (κ1) is 43.0. The smallest absolute Gasteiger partial charge is 0.263 e. The zero-order chi connectivity index (χ0) is 41.5. The summed E-state index contributed by atoms with van der Waals surface area (Å²) in [6.07, 6.45) is 9.20. The molecule has 0 radical (unpaired) electrons. The lowest BCUT2D eigenvalue weighted by atomic mass is 10.3. The van der Waals surface area contributed by atoms with Gasteiger partial charge in [0.25, 0.3) is 11.8 Å². The second kappa shape index (κ2) is 20.8. The van der Waals surface area contributed by atoms with E-state index in [-0.39, 0.29) is 42.3 Å². The Balaban J connectivity index is 0.000000236. The van der Waals surface area contributed by atoms with E-state index in [1.165, 1.54) is 14.2 Å². The largest absolute Gasteiger partial charge is 0.479 e. The summed E-state index contributed by atoms with van der Waals surface area (Å²) in [6.45, 7) is 17.0. The molecule has 19 heteroatoms. The van der Waals surface area contributed by atoms with Crippen molar-refractivity contribution >= 4 is 23.5 Å². The summed E-state index contributed by atoms with van der Waals surface area (Å²) >= 11 is 0. The van der Waals surface area contributed by atoms with Crippen molar-refractivity contribution in [2.24, 2.45) is 0 Å². The predicted octanol–water partition coefficient (Wildman–Crippen LogP) is 5.35. The fourth-order valence-electron chi connectivity index (χ4n) is 5.22. The van der Waals surface area contributed by atoms with Gasteiger partial charge in [-0.2, -0.15) is 0 Å². The van der Waals surface area contributed by atoms with Crippen molar-refractivity contribution in [1.29, 1.82) is 0 Å². The van der Waals surface area contributed by atoms with Crippen LogP contribution in [0.5, 0.6) is 11.8 Å². The summed E-state index contributed by atoms with van der Waals surface area (Å²) in [4.78, 5) is 34.3. The molecule has 0 bridgehead atoms. The molecular formula is C38H50N14O5. The van der Waals surface area contributed by atoms with Crippen molar-refractivity contribution < 1.29 is 24.2 Å².